The molecule has 7 heteroatoms. The van der Waals surface area contributed by atoms with Crippen LogP contribution in [0.5, 0.6) is 0 Å². The van der Waals surface area contributed by atoms with Gasteiger partial charge in [-0.05, 0) is 12.1 Å². The van der Waals surface area contributed by atoms with E-state index in [1.807, 2.05) is 4.52 Å². The van der Waals surface area contributed by atoms with Gasteiger partial charge in [-0.1, -0.05) is 18.2 Å². The molecule has 0 amide bonds. The lowest BCUT2D eigenvalue weighted by Crippen LogP contribution is -2.46. The Morgan fingerprint density at radius 2 is 1.82 bits per heavy atom. The maximum absolute atomic E-state index is 4.29. The normalized spacial score (nSPS) is 15.9. The highest BCUT2D eigenvalue weighted by molar-refractivity contribution is 7.15. The number of anilines is 1. The van der Waals surface area contributed by atoms with Gasteiger partial charge in [0.1, 0.15) is 6.33 Å². The molecule has 0 atom stereocenters. The molecule has 1 aliphatic rings. The van der Waals surface area contributed by atoms with Crippen molar-refractivity contribution in [2.45, 2.75) is 6.54 Å². The van der Waals surface area contributed by atoms with Crippen LogP contribution in [0.2, 0.25) is 0 Å². The van der Waals surface area contributed by atoms with Crippen LogP contribution < -0.4 is 4.90 Å². The van der Waals surface area contributed by atoms with E-state index in [9.17, 15) is 0 Å². The molecule has 0 aliphatic carbocycles. The van der Waals surface area contributed by atoms with Gasteiger partial charge in [-0.25, -0.2) is 9.50 Å². The monoisotopic (exact) mass is 335 g/mol. The summed E-state index contributed by atoms with van der Waals surface area (Å²) in [5, 5.41) is 6.45. The van der Waals surface area contributed by atoms with Gasteiger partial charge in [-0.3, -0.25) is 4.90 Å². The van der Waals surface area contributed by atoms with Crippen LogP contribution in [0.1, 0.15) is 5.69 Å². The number of benzene rings is 1. The summed E-state index contributed by atoms with van der Waals surface area (Å²) in [4.78, 5) is 10.1. The number of rotatable bonds is 3. The van der Waals surface area contributed by atoms with Gasteiger partial charge >= 0.3 is 0 Å². The lowest BCUT2D eigenvalue weighted by molar-refractivity contribution is 0.246. The number of piperazine rings is 1. The van der Waals surface area contributed by atoms with Crippen LogP contribution in [-0.4, -0.2) is 45.7 Å². The van der Waals surface area contributed by atoms with Gasteiger partial charge in [-0.15, -0.1) is 23.7 Å². The molecule has 1 aromatic carbocycles. The van der Waals surface area contributed by atoms with Crippen LogP contribution in [0.15, 0.2) is 42.0 Å². The molecular formula is C15H18ClN5S. The van der Waals surface area contributed by atoms with Gasteiger partial charge in [0.2, 0.25) is 4.96 Å². The Balaban J connectivity index is 0.00000144. The second-order valence-corrected chi connectivity index (χ2v) is 6.12. The fourth-order valence-electron chi connectivity index (χ4n) is 2.82. The summed E-state index contributed by atoms with van der Waals surface area (Å²) in [5.74, 6) is 0. The van der Waals surface area contributed by atoms with Crippen molar-refractivity contribution in [1.82, 2.24) is 19.5 Å². The van der Waals surface area contributed by atoms with Gasteiger partial charge in [0.25, 0.3) is 0 Å². The average molecular weight is 336 g/mol. The molecule has 4 rings (SSSR count). The third-order valence-electron chi connectivity index (χ3n) is 3.97. The standard InChI is InChI=1S/C15H17N5S.ClH/c1-2-4-13(5-3-1)19-8-6-18(7-9-19)10-14-11-21-15-16-12-17-20(14)15;/h1-5,11-12H,6-10H2;1H. The quantitative estimate of drug-likeness (QED) is 0.737. The van der Waals surface area contributed by atoms with Gasteiger partial charge in [0, 0.05) is 43.8 Å². The van der Waals surface area contributed by atoms with Crippen molar-refractivity contribution in [3.63, 3.8) is 0 Å². The van der Waals surface area contributed by atoms with E-state index in [1.54, 1.807) is 17.7 Å². The predicted molar refractivity (Wildman–Crippen MR) is 92.0 cm³/mol. The van der Waals surface area contributed by atoms with Gasteiger partial charge in [0.15, 0.2) is 0 Å². The number of fused-ring (bicyclic) bond motifs is 1. The third kappa shape index (κ3) is 2.95. The first kappa shape index (κ1) is 15.3. The van der Waals surface area contributed by atoms with Crippen molar-refractivity contribution in [2.24, 2.45) is 0 Å². The Labute approximate surface area is 139 Å². The molecule has 0 saturated carbocycles. The Bertz CT molecular complexity index is 718. The lowest BCUT2D eigenvalue weighted by atomic mass is 10.2. The van der Waals surface area contributed by atoms with E-state index in [-0.39, 0.29) is 12.4 Å². The summed E-state index contributed by atoms with van der Waals surface area (Å²) >= 11 is 1.66. The number of aromatic nitrogens is 3. The van der Waals surface area contributed by atoms with Crippen molar-refractivity contribution in [1.29, 1.82) is 0 Å². The minimum atomic E-state index is 0. The Morgan fingerprint density at radius 3 is 2.59 bits per heavy atom. The highest BCUT2D eigenvalue weighted by Crippen LogP contribution is 2.18. The van der Waals surface area contributed by atoms with E-state index in [0.29, 0.717) is 0 Å². The zero-order chi connectivity index (χ0) is 14.1. The number of thiazole rings is 1. The average Bonchev–Trinajstić information content (AvgIpc) is 3.14. The molecule has 1 aliphatic heterocycles. The van der Waals surface area contributed by atoms with Crippen LogP contribution in [-0.2, 0) is 6.54 Å². The summed E-state index contributed by atoms with van der Waals surface area (Å²) < 4.78 is 1.95. The summed E-state index contributed by atoms with van der Waals surface area (Å²) in [5.41, 5.74) is 2.56. The smallest absolute Gasteiger partial charge is 0.212 e. The number of hydrogen-bond donors (Lipinski definition) is 0. The number of halogens is 1. The molecule has 2 aromatic heterocycles. The van der Waals surface area contributed by atoms with E-state index in [0.717, 1.165) is 37.7 Å². The summed E-state index contributed by atoms with van der Waals surface area (Å²) in [6.07, 6.45) is 1.63. The van der Waals surface area contributed by atoms with Crippen molar-refractivity contribution >= 4 is 34.4 Å². The molecular weight excluding hydrogens is 318 g/mol. The molecule has 1 saturated heterocycles. The third-order valence-corrected chi connectivity index (χ3v) is 4.85. The summed E-state index contributed by atoms with van der Waals surface area (Å²) in [6.45, 7) is 5.27. The second-order valence-electron chi connectivity index (χ2n) is 5.28. The molecule has 0 spiro atoms. The Hall–Kier alpha value is -1.63. The van der Waals surface area contributed by atoms with E-state index in [1.165, 1.54) is 11.4 Å². The van der Waals surface area contributed by atoms with Crippen molar-refractivity contribution < 1.29 is 0 Å². The zero-order valence-electron chi connectivity index (χ0n) is 12.1. The van der Waals surface area contributed by atoms with Crippen LogP contribution >= 0.6 is 23.7 Å². The van der Waals surface area contributed by atoms with Crippen molar-refractivity contribution in [3.8, 4) is 0 Å². The molecule has 0 bridgehead atoms. The van der Waals surface area contributed by atoms with E-state index >= 15 is 0 Å². The molecule has 1 fully saturated rings. The Kier molecular flexibility index (Phi) is 4.61. The largest absolute Gasteiger partial charge is 0.369 e. The maximum atomic E-state index is 4.29. The highest BCUT2D eigenvalue weighted by Gasteiger charge is 2.18. The van der Waals surface area contributed by atoms with Gasteiger partial charge in [-0.2, -0.15) is 5.10 Å². The van der Waals surface area contributed by atoms with Crippen molar-refractivity contribution in [3.05, 3.63) is 47.7 Å². The second kappa shape index (κ2) is 6.64. The van der Waals surface area contributed by atoms with Crippen molar-refractivity contribution in [2.75, 3.05) is 31.1 Å². The van der Waals surface area contributed by atoms with Crippen LogP contribution in [0, 0.1) is 0 Å². The zero-order valence-corrected chi connectivity index (χ0v) is 13.8. The minimum Gasteiger partial charge on any atom is -0.369 e. The number of hydrogen-bond acceptors (Lipinski definition) is 5. The first-order valence-electron chi connectivity index (χ1n) is 7.18. The SMILES string of the molecule is Cl.c1ccc(N2CCN(Cc3csc4ncnn34)CC2)cc1. The molecule has 0 N–H and O–H groups in total. The first-order chi connectivity index (χ1) is 10.4. The van der Waals surface area contributed by atoms with Crippen LogP contribution in [0.3, 0.4) is 0 Å². The minimum absolute atomic E-state index is 0. The molecule has 0 unspecified atom stereocenters. The molecule has 3 heterocycles. The maximum Gasteiger partial charge on any atom is 0.212 e. The van der Waals surface area contributed by atoms with Gasteiger partial charge in [0.05, 0.1) is 5.69 Å². The topological polar surface area (TPSA) is 36.7 Å². The lowest BCUT2D eigenvalue weighted by Gasteiger charge is -2.35. The molecule has 0 radical (unpaired) electrons. The van der Waals surface area contributed by atoms with Gasteiger partial charge < -0.3 is 4.90 Å². The summed E-state index contributed by atoms with van der Waals surface area (Å²) in [6, 6.07) is 10.7. The summed E-state index contributed by atoms with van der Waals surface area (Å²) in [7, 11) is 0. The van der Waals surface area contributed by atoms with Crippen LogP contribution in [0.4, 0.5) is 5.69 Å². The molecule has 3 aromatic rings. The number of para-hydroxylation sites is 1. The number of nitrogens with zero attached hydrogens (tertiary/aromatic N) is 5. The molecule has 116 valence electrons. The highest BCUT2D eigenvalue weighted by atomic mass is 35.5. The van der Waals surface area contributed by atoms with E-state index < -0.39 is 0 Å². The van der Waals surface area contributed by atoms with Crippen LogP contribution in [0.25, 0.3) is 4.96 Å². The fourth-order valence-corrected chi connectivity index (χ4v) is 3.60. The van der Waals surface area contributed by atoms with E-state index in [2.05, 4.69) is 55.6 Å². The Morgan fingerprint density at radius 1 is 1.05 bits per heavy atom. The van der Waals surface area contributed by atoms with E-state index in [4.69, 9.17) is 0 Å². The first-order valence-corrected chi connectivity index (χ1v) is 8.06. The fraction of sp³-hybridized carbons (Fsp3) is 0.333. The molecule has 22 heavy (non-hydrogen) atoms. The predicted octanol–water partition coefficient (Wildman–Crippen LogP) is 2.53. The molecule has 5 nitrogen and oxygen atoms in total.